The molecule has 1 aromatic rings. The van der Waals surface area contributed by atoms with Gasteiger partial charge in [0.2, 0.25) is 5.91 Å². The van der Waals surface area contributed by atoms with E-state index in [0.29, 0.717) is 25.4 Å². The third-order valence-electron chi connectivity index (χ3n) is 3.85. The maximum absolute atomic E-state index is 12.7. The molecule has 1 aliphatic rings. The molecule has 20 heavy (non-hydrogen) atoms. The minimum Gasteiger partial charge on any atom is -0.399 e. The maximum Gasteiger partial charge on any atom is 0.233 e. The highest BCUT2D eigenvalue weighted by Crippen LogP contribution is 2.49. The highest BCUT2D eigenvalue weighted by atomic mass is 16.5. The SMILES string of the molecule is COCCN(CCO)C(=O)C1(c2ccc(N)cc2)CC1. The number of benzene rings is 1. The van der Waals surface area contributed by atoms with Crippen LogP contribution in [0.4, 0.5) is 5.69 Å². The van der Waals surface area contributed by atoms with E-state index < -0.39 is 5.41 Å². The molecule has 3 N–H and O–H groups in total. The first-order valence-corrected chi connectivity index (χ1v) is 6.89. The monoisotopic (exact) mass is 278 g/mol. The standard InChI is InChI=1S/C15H22N2O3/c1-20-11-9-17(8-10-18)14(19)15(6-7-15)12-2-4-13(16)5-3-12/h2-5,18H,6-11,16H2,1H3. The van der Waals surface area contributed by atoms with E-state index in [1.807, 2.05) is 24.3 Å². The van der Waals surface area contributed by atoms with Gasteiger partial charge in [-0.1, -0.05) is 12.1 Å². The van der Waals surface area contributed by atoms with Crippen LogP contribution in [0.15, 0.2) is 24.3 Å². The molecule has 1 amide bonds. The van der Waals surface area contributed by atoms with Gasteiger partial charge in [0.05, 0.1) is 18.6 Å². The van der Waals surface area contributed by atoms with Crippen molar-refractivity contribution in [1.29, 1.82) is 0 Å². The molecule has 0 atom stereocenters. The number of hydrogen-bond acceptors (Lipinski definition) is 4. The number of amides is 1. The van der Waals surface area contributed by atoms with Crippen molar-refractivity contribution in [3.05, 3.63) is 29.8 Å². The van der Waals surface area contributed by atoms with E-state index in [2.05, 4.69) is 0 Å². The summed E-state index contributed by atoms with van der Waals surface area (Å²) in [4.78, 5) is 14.4. The predicted molar refractivity (Wildman–Crippen MR) is 77.3 cm³/mol. The molecule has 0 aliphatic heterocycles. The Bertz CT molecular complexity index is 455. The summed E-state index contributed by atoms with van der Waals surface area (Å²) in [5.41, 5.74) is 6.98. The second-order valence-corrected chi connectivity index (χ2v) is 5.21. The zero-order valence-electron chi connectivity index (χ0n) is 11.8. The van der Waals surface area contributed by atoms with E-state index in [0.717, 1.165) is 18.4 Å². The molecule has 1 saturated carbocycles. The summed E-state index contributed by atoms with van der Waals surface area (Å²) >= 11 is 0. The number of carbonyl (C=O) groups is 1. The van der Waals surface area contributed by atoms with Gasteiger partial charge in [-0.05, 0) is 30.5 Å². The molecule has 110 valence electrons. The first-order chi connectivity index (χ1) is 9.64. The molecule has 0 spiro atoms. The van der Waals surface area contributed by atoms with E-state index in [-0.39, 0.29) is 12.5 Å². The molecule has 1 aromatic carbocycles. The number of aliphatic hydroxyl groups is 1. The van der Waals surface area contributed by atoms with Crippen LogP contribution in [0.1, 0.15) is 18.4 Å². The number of hydrogen-bond donors (Lipinski definition) is 2. The van der Waals surface area contributed by atoms with Crippen molar-refractivity contribution in [3.63, 3.8) is 0 Å². The van der Waals surface area contributed by atoms with E-state index in [1.165, 1.54) is 0 Å². The fraction of sp³-hybridized carbons (Fsp3) is 0.533. The molecule has 0 unspecified atom stereocenters. The third kappa shape index (κ3) is 2.94. The summed E-state index contributed by atoms with van der Waals surface area (Å²) in [6, 6.07) is 7.50. The first-order valence-electron chi connectivity index (χ1n) is 6.89. The van der Waals surface area contributed by atoms with Crippen molar-refractivity contribution < 1.29 is 14.6 Å². The smallest absolute Gasteiger partial charge is 0.233 e. The Morgan fingerprint density at radius 3 is 2.50 bits per heavy atom. The van der Waals surface area contributed by atoms with Crippen molar-refractivity contribution in [2.45, 2.75) is 18.3 Å². The number of rotatable bonds is 7. The highest BCUT2D eigenvalue weighted by Gasteiger charge is 2.52. The van der Waals surface area contributed by atoms with Crippen LogP contribution < -0.4 is 5.73 Å². The summed E-state index contributed by atoms with van der Waals surface area (Å²) in [5, 5.41) is 9.13. The van der Waals surface area contributed by atoms with Crippen molar-refractivity contribution in [2.75, 3.05) is 39.1 Å². The summed E-state index contributed by atoms with van der Waals surface area (Å²) in [5.74, 6) is 0.0772. The lowest BCUT2D eigenvalue weighted by atomic mass is 9.94. The zero-order chi connectivity index (χ0) is 14.6. The normalized spacial score (nSPS) is 15.9. The van der Waals surface area contributed by atoms with Crippen molar-refractivity contribution in [2.24, 2.45) is 0 Å². The number of nitrogen functional groups attached to an aromatic ring is 1. The van der Waals surface area contributed by atoms with Crippen LogP contribution in [0.3, 0.4) is 0 Å². The van der Waals surface area contributed by atoms with Gasteiger partial charge in [-0.3, -0.25) is 4.79 Å². The Labute approximate surface area is 119 Å². The van der Waals surface area contributed by atoms with Gasteiger partial charge >= 0.3 is 0 Å². The molecule has 0 aromatic heterocycles. The van der Waals surface area contributed by atoms with Crippen molar-refractivity contribution in [1.82, 2.24) is 4.90 Å². The van der Waals surface area contributed by atoms with Crippen LogP contribution >= 0.6 is 0 Å². The lowest BCUT2D eigenvalue weighted by Gasteiger charge is -2.27. The minimum absolute atomic E-state index is 0.0345. The molecule has 5 nitrogen and oxygen atoms in total. The molecule has 0 radical (unpaired) electrons. The van der Waals surface area contributed by atoms with Gasteiger partial charge in [0.25, 0.3) is 0 Å². The largest absolute Gasteiger partial charge is 0.399 e. The van der Waals surface area contributed by atoms with Crippen molar-refractivity contribution >= 4 is 11.6 Å². The summed E-state index contributed by atoms with van der Waals surface area (Å²) in [6.07, 6.45) is 1.70. The number of methoxy groups -OCH3 is 1. The molecule has 0 bridgehead atoms. The molecule has 2 rings (SSSR count). The Hall–Kier alpha value is -1.59. The highest BCUT2D eigenvalue weighted by molar-refractivity contribution is 5.91. The van der Waals surface area contributed by atoms with Crippen LogP contribution in [0.5, 0.6) is 0 Å². The van der Waals surface area contributed by atoms with Crippen LogP contribution in [0.2, 0.25) is 0 Å². The Kier molecular flexibility index (Phi) is 4.62. The van der Waals surface area contributed by atoms with E-state index >= 15 is 0 Å². The Morgan fingerprint density at radius 2 is 2.00 bits per heavy atom. The van der Waals surface area contributed by atoms with Crippen LogP contribution in [0, 0.1) is 0 Å². The number of carbonyl (C=O) groups excluding carboxylic acids is 1. The van der Waals surface area contributed by atoms with Gasteiger partial charge in [-0.25, -0.2) is 0 Å². The second-order valence-electron chi connectivity index (χ2n) is 5.21. The molecule has 5 heteroatoms. The van der Waals surface area contributed by atoms with Crippen molar-refractivity contribution in [3.8, 4) is 0 Å². The summed E-state index contributed by atoms with van der Waals surface area (Å²) in [7, 11) is 1.61. The molecular weight excluding hydrogens is 256 g/mol. The van der Waals surface area contributed by atoms with E-state index in [4.69, 9.17) is 15.6 Å². The van der Waals surface area contributed by atoms with Gasteiger partial charge < -0.3 is 20.5 Å². The number of ether oxygens (including phenoxy) is 1. The topological polar surface area (TPSA) is 75.8 Å². The minimum atomic E-state index is -0.420. The van der Waals surface area contributed by atoms with Crippen LogP contribution in [0.25, 0.3) is 0 Å². The number of aliphatic hydroxyl groups excluding tert-OH is 1. The third-order valence-corrected chi connectivity index (χ3v) is 3.85. The van der Waals surface area contributed by atoms with Gasteiger partial charge in [0, 0.05) is 25.9 Å². The molecular formula is C15H22N2O3. The van der Waals surface area contributed by atoms with Gasteiger partial charge in [0.1, 0.15) is 0 Å². The van der Waals surface area contributed by atoms with Crippen LogP contribution in [-0.2, 0) is 14.9 Å². The van der Waals surface area contributed by atoms with Crippen LogP contribution in [-0.4, -0.2) is 49.3 Å². The average Bonchev–Trinajstić information content (AvgIpc) is 3.25. The lowest BCUT2D eigenvalue weighted by molar-refractivity contribution is -0.135. The Balaban J connectivity index is 2.15. The molecule has 1 fully saturated rings. The van der Waals surface area contributed by atoms with Gasteiger partial charge in [-0.2, -0.15) is 0 Å². The average molecular weight is 278 g/mol. The summed E-state index contributed by atoms with van der Waals surface area (Å²) in [6.45, 7) is 1.29. The van der Waals surface area contributed by atoms with Gasteiger partial charge in [-0.15, -0.1) is 0 Å². The van der Waals surface area contributed by atoms with Gasteiger partial charge in [0.15, 0.2) is 0 Å². The second kappa shape index (κ2) is 6.24. The fourth-order valence-corrected chi connectivity index (χ4v) is 2.49. The quantitative estimate of drug-likeness (QED) is 0.722. The lowest BCUT2D eigenvalue weighted by Crippen LogP contribution is -2.42. The fourth-order valence-electron chi connectivity index (χ4n) is 2.49. The predicted octanol–water partition coefficient (Wildman–Crippen LogP) is 0.768. The van der Waals surface area contributed by atoms with E-state index in [1.54, 1.807) is 12.0 Å². The molecule has 0 saturated heterocycles. The number of nitrogens with zero attached hydrogens (tertiary/aromatic N) is 1. The zero-order valence-corrected chi connectivity index (χ0v) is 11.8. The first kappa shape index (κ1) is 14.8. The van der Waals surface area contributed by atoms with E-state index in [9.17, 15) is 4.79 Å². The molecule has 0 heterocycles. The number of nitrogens with two attached hydrogens (primary N) is 1. The maximum atomic E-state index is 12.7. The summed E-state index contributed by atoms with van der Waals surface area (Å²) < 4.78 is 5.03. The number of anilines is 1. The molecule has 1 aliphatic carbocycles. The Morgan fingerprint density at radius 1 is 1.35 bits per heavy atom.